The van der Waals surface area contributed by atoms with Gasteiger partial charge in [-0.1, -0.05) is 60.2 Å². The molecule has 0 aromatic heterocycles. The van der Waals surface area contributed by atoms with Gasteiger partial charge >= 0.3 is 9.05 Å². The summed E-state index contributed by atoms with van der Waals surface area (Å²) in [6, 6.07) is 15.9. The molecule has 7 nitrogen and oxygen atoms in total. The van der Waals surface area contributed by atoms with Crippen LogP contribution < -0.4 is 5.30 Å². The quantitative estimate of drug-likeness (QED) is 0.121. The standard InChI is InChI=1S/C35H53O7PSi4/c1-25-20-26(2)32(27(3)21-25)34(36)43(38,31-18-16-15-17-19-31)35(37)33-28(4)22-30(23-29(33)5)24-39-47(40-44(6,7)8,41-45(9,10)11)42-46(12,13)14/h15-23H,24H2,1-14H3. The van der Waals surface area contributed by atoms with Gasteiger partial charge in [0.15, 0.2) is 25.0 Å². The summed E-state index contributed by atoms with van der Waals surface area (Å²) in [6.45, 7) is 28.2. The van der Waals surface area contributed by atoms with E-state index in [4.69, 9.17) is 16.8 Å². The monoisotopic (exact) mass is 728 g/mol. The lowest BCUT2D eigenvalue weighted by atomic mass is 10.0. The Morgan fingerprint density at radius 3 is 1.32 bits per heavy atom. The van der Waals surface area contributed by atoms with Crippen molar-refractivity contribution in [1.82, 2.24) is 0 Å². The van der Waals surface area contributed by atoms with E-state index in [9.17, 15) is 9.59 Å². The number of aryl methyl sites for hydroxylation is 5. The fraction of sp³-hybridized carbons (Fsp3) is 0.429. The van der Waals surface area contributed by atoms with E-state index >= 15 is 4.57 Å². The highest BCUT2D eigenvalue weighted by molar-refractivity contribution is 8.01. The summed E-state index contributed by atoms with van der Waals surface area (Å²) >= 11 is 0. The molecule has 0 aliphatic heterocycles. The highest BCUT2D eigenvalue weighted by Gasteiger charge is 2.54. The van der Waals surface area contributed by atoms with Crippen LogP contribution in [0.25, 0.3) is 0 Å². The first kappa shape index (κ1) is 39.4. The Labute approximate surface area is 286 Å². The zero-order valence-corrected chi connectivity index (χ0v) is 35.6. The van der Waals surface area contributed by atoms with Gasteiger partial charge in [0, 0.05) is 16.4 Å². The molecule has 3 rings (SSSR count). The Hall–Kier alpha value is -2.06. The van der Waals surface area contributed by atoms with Gasteiger partial charge in [0.05, 0.1) is 6.61 Å². The molecule has 256 valence electrons. The van der Waals surface area contributed by atoms with Gasteiger partial charge in [0.2, 0.25) is 18.2 Å². The molecule has 0 radical (unpaired) electrons. The van der Waals surface area contributed by atoms with E-state index in [-0.39, 0.29) is 17.5 Å². The number of hydrogen-bond donors (Lipinski definition) is 0. The molecule has 3 aromatic carbocycles. The van der Waals surface area contributed by atoms with Crippen LogP contribution in [0, 0.1) is 34.6 Å². The second kappa shape index (κ2) is 14.4. The predicted octanol–water partition coefficient (Wildman–Crippen LogP) is 9.40. The van der Waals surface area contributed by atoms with E-state index in [1.54, 1.807) is 30.3 Å². The molecule has 1 atom stereocenters. The minimum atomic E-state index is -4.30. The molecule has 12 heteroatoms. The van der Waals surface area contributed by atoms with E-state index < -0.39 is 52.2 Å². The summed E-state index contributed by atoms with van der Waals surface area (Å²) in [5, 5.41) is 0.229. The number of rotatable bonds is 14. The van der Waals surface area contributed by atoms with Gasteiger partial charge in [0.25, 0.3) is 0 Å². The maximum absolute atomic E-state index is 15.1. The summed E-state index contributed by atoms with van der Waals surface area (Å²) in [5.74, 6) is 0. The molecule has 0 aliphatic carbocycles. The Kier molecular flexibility index (Phi) is 12.1. The smallest absolute Gasteiger partial charge is 0.395 e. The molecule has 0 heterocycles. The lowest BCUT2D eigenvalue weighted by molar-refractivity contribution is 0.0760. The van der Waals surface area contributed by atoms with E-state index in [0.29, 0.717) is 27.8 Å². The average Bonchev–Trinajstić information content (AvgIpc) is 2.88. The number of hydrogen-bond acceptors (Lipinski definition) is 7. The van der Waals surface area contributed by atoms with E-state index in [1.807, 2.05) is 58.9 Å². The summed E-state index contributed by atoms with van der Waals surface area (Å²) < 4.78 is 41.7. The molecule has 0 aliphatic rings. The van der Waals surface area contributed by atoms with E-state index in [2.05, 4.69) is 58.9 Å². The number of carbonyl (C=O) groups is 2. The van der Waals surface area contributed by atoms with Crippen LogP contribution in [-0.2, 0) is 27.9 Å². The first-order chi connectivity index (χ1) is 21.4. The van der Waals surface area contributed by atoms with Gasteiger partial charge in [-0.3, -0.25) is 9.59 Å². The SMILES string of the molecule is Cc1cc(C)c(C(=O)P(=O)(C(=O)c2c(C)cc(CO[Si](O[Si](C)(C)C)(O[Si](C)(C)C)O[Si](C)(C)C)cc2C)c2ccccc2)c(C)c1. The van der Waals surface area contributed by atoms with Crippen molar-refractivity contribution < 1.29 is 30.9 Å². The van der Waals surface area contributed by atoms with Gasteiger partial charge in [-0.25, -0.2) is 0 Å². The van der Waals surface area contributed by atoms with Crippen LogP contribution in [-0.4, -0.2) is 45.0 Å². The van der Waals surface area contributed by atoms with Crippen molar-refractivity contribution in [1.29, 1.82) is 0 Å². The molecule has 47 heavy (non-hydrogen) atoms. The summed E-state index contributed by atoms with van der Waals surface area (Å²) in [4.78, 5) is 28.9. The third-order valence-electron chi connectivity index (χ3n) is 7.10. The van der Waals surface area contributed by atoms with Crippen LogP contribution in [0.2, 0.25) is 58.9 Å². The second-order valence-corrected chi connectivity index (χ2v) is 34.3. The normalized spacial score (nSPS) is 14.2. The molecule has 0 N–H and O–H groups in total. The molecule has 1 unspecified atom stereocenters. The lowest BCUT2D eigenvalue weighted by Crippen LogP contribution is -2.62. The third kappa shape index (κ3) is 9.99. The lowest BCUT2D eigenvalue weighted by Gasteiger charge is -2.40. The van der Waals surface area contributed by atoms with Crippen molar-refractivity contribution in [2.75, 3.05) is 0 Å². The Morgan fingerprint density at radius 2 is 0.957 bits per heavy atom. The van der Waals surface area contributed by atoms with Crippen LogP contribution in [0.1, 0.15) is 54.1 Å². The topological polar surface area (TPSA) is 88.1 Å². The van der Waals surface area contributed by atoms with E-state index in [1.165, 1.54) is 0 Å². The summed E-state index contributed by atoms with van der Waals surface area (Å²) in [7, 11) is -14.3. The fourth-order valence-corrected chi connectivity index (χ4v) is 20.0. The van der Waals surface area contributed by atoms with Gasteiger partial charge in [-0.15, -0.1) is 0 Å². The average molecular weight is 729 g/mol. The fourth-order valence-electron chi connectivity index (χ4n) is 5.72. The van der Waals surface area contributed by atoms with Crippen molar-refractivity contribution in [2.24, 2.45) is 0 Å². The Morgan fingerprint density at radius 1 is 0.596 bits per heavy atom. The van der Waals surface area contributed by atoms with E-state index in [0.717, 1.165) is 11.1 Å². The van der Waals surface area contributed by atoms with Crippen molar-refractivity contribution in [3.8, 4) is 0 Å². The van der Waals surface area contributed by atoms with Crippen molar-refractivity contribution in [3.05, 3.63) is 99.1 Å². The van der Waals surface area contributed by atoms with Crippen LogP contribution >= 0.6 is 7.14 Å². The first-order valence-corrected chi connectivity index (χ1v) is 29.6. The van der Waals surface area contributed by atoms with Gasteiger partial charge in [-0.2, -0.15) is 0 Å². The van der Waals surface area contributed by atoms with Gasteiger partial charge < -0.3 is 21.3 Å². The third-order valence-corrected chi connectivity index (χ3v) is 20.6. The largest absolute Gasteiger partial charge is 0.647 e. The summed E-state index contributed by atoms with van der Waals surface area (Å²) in [6.07, 6.45) is 0. The molecule has 0 fully saturated rings. The van der Waals surface area contributed by atoms with Crippen molar-refractivity contribution >= 4 is 57.5 Å². The van der Waals surface area contributed by atoms with Gasteiger partial charge in [0.1, 0.15) is 0 Å². The van der Waals surface area contributed by atoms with Crippen LogP contribution in [0.4, 0.5) is 0 Å². The predicted molar refractivity (Wildman–Crippen MR) is 203 cm³/mol. The molecular weight excluding hydrogens is 676 g/mol. The maximum atomic E-state index is 15.1. The molecule has 0 bridgehead atoms. The zero-order chi connectivity index (χ0) is 35.8. The molecule has 0 saturated carbocycles. The maximum Gasteiger partial charge on any atom is 0.647 e. The highest BCUT2D eigenvalue weighted by atomic mass is 31.2. The van der Waals surface area contributed by atoms with Crippen LogP contribution in [0.3, 0.4) is 0 Å². The minimum absolute atomic E-state index is 0.152. The van der Waals surface area contributed by atoms with Gasteiger partial charge in [-0.05, 0) is 121 Å². The second-order valence-electron chi connectivity index (χ2n) is 15.4. The highest BCUT2D eigenvalue weighted by Crippen LogP contribution is 2.52. The van der Waals surface area contributed by atoms with Crippen LogP contribution in [0.15, 0.2) is 54.6 Å². The zero-order valence-electron chi connectivity index (χ0n) is 30.7. The Bertz CT molecular complexity index is 1600. The summed E-state index contributed by atoms with van der Waals surface area (Å²) in [5.41, 5.74) is 3.76. The van der Waals surface area contributed by atoms with Crippen molar-refractivity contribution in [2.45, 2.75) is 100 Å². The van der Waals surface area contributed by atoms with Crippen LogP contribution in [0.5, 0.6) is 0 Å². The molecular formula is C35H53O7PSi4. The molecule has 3 aromatic rings. The first-order valence-electron chi connectivity index (χ1n) is 16.1. The number of carbonyl (C=O) groups excluding carboxylic acids is 2. The van der Waals surface area contributed by atoms with Crippen molar-refractivity contribution in [3.63, 3.8) is 0 Å². The Balaban J connectivity index is 2.11. The molecule has 0 amide bonds. The minimum Gasteiger partial charge on any atom is -0.395 e. The number of benzene rings is 3. The molecule has 0 spiro atoms. The molecule has 0 saturated heterocycles.